The molecule has 5 aliphatic rings. The number of rotatable bonds is 9. The van der Waals surface area contributed by atoms with Gasteiger partial charge in [0.15, 0.2) is 0 Å². The number of hydrazine groups is 1. The lowest BCUT2D eigenvalue weighted by Gasteiger charge is -2.34. The second kappa shape index (κ2) is 11.8. The average Bonchev–Trinajstić information content (AvgIpc) is 3.54. The molecule has 4 N–H and O–H groups in total. The number of nitrogens with one attached hydrogen (secondary N) is 4. The van der Waals surface area contributed by atoms with Crippen LogP contribution in [0.5, 0.6) is 0 Å². The molecule has 5 rings (SSSR count). The molecule has 0 aromatic rings. The Labute approximate surface area is 210 Å². The maximum atomic E-state index is 5.47. The Balaban J connectivity index is 1.08. The number of allylic oxidation sites excluding steroid dienone is 3. The van der Waals surface area contributed by atoms with E-state index in [0.717, 1.165) is 50.5 Å². The van der Waals surface area contributed by atoms with Gasteiger partial charge in [0.25, 0.3) is 0 Å². The summed E-state index contributed by atoms with van der Waals surface area (Å²) in [5.41, 5.74) is 11.0. The van der Waals surface area contributed by atoms with E-state index in [-0.39, 0.29) is 6.04 Å². The summed E-state index contributed by atoms with van der Waals surface area (Å²) >= 11 is 2.05. The minimum absolute atomic E-state index is 0.193. The molecule has 34 heavy (non-hydrogen) atoms. The first-order valence-corrected chi connectivity index (χ1v) is 14.3. The number of hydrogen-bond acceptors (Lipinski definition) is 8. The third kappa shape index (κ3) is 6.02. The molecule has 190 valence electrons. The van der Waals surface area contributed by atoms with Crippen molar-refractivity contribution in [3.8, 4) is 0 Å². The predicted molar refractivity (Wildman–Crippen MR) is 140 cm³/mol. The molecule has 0 bridgehead atoms. The van der Waals surface area contributed by atoms with Crippen LogP contribution in [0, 0.1) is 11.8 Å². The average molecular weight is 489 g/mol. The first-order chi connectivity index (χ1) is 16.7. The lowest BCUT2D eigenvalue weighted by atomic mass is 9.73. The molecule has 0 spiro atoms. The van der Waals surface area contributed by atoms with E-state index < -0.39 is 0 Å². The molecule has 2 fully saturated rings. The van der Waals surface area contributed by atoms with Crippen LogP contribution in [0.2, 0.25) is 0 Å². The zero-order valence-corrected chi connectivity index (χ0v) is 21.7. The summed E-state index contributed by atoms with van der Waals surface area (Å²) in [7, 11) is 0. The van der Waals surface area contributed by atoms with E-state index in [1.165, 1.54) is 75.7 Å². The van der Waals surface area contributed by atoms with Crippen molar-refractivity contribution in [2.45, 2.75) is 70.5 Å². The molecule has 0 unspecified atom stereocenters. The van der Waals surface area contributed by atoms with Crippen molar-refractivity contribution < 1.29 is 4.74 Å². The van der Waals surface area contributed by atoms with Gasteiger partial charge in [-0.2, -0.15) is 0 Å². The van der Waals surface area contributed by atoms with Gasteiger partial charge in [0.05, 0.1) is 32.1 Å². The Morgan fingerprint density at radius 2 is 1.97 bits per heavy atom. The van der Waals surface area contributed by atoms with Gasteiger partial charge in [0.2, 0.25) is 0 Å². The van der Waals surface area contributed by atoms with Gasteiger partial charge in [-0.25, -0.2) is 9.73 Å². The van der Waals surface area contributed by atoms with Crippen LogP contribution in [0.15, 0.2) is 34.5 Å². The van der Waals surface area contributed by atoms with Crippen LogP contribution in [0.1, 0.15) is 58.3 Å². The number of hydrogen-bond donors (Lipinski definition) is 4. The molecule has 0 radical (unpaired) electrons. The number of ether oxygens (including phenoxy) is 1. The normalized spacial score (nSPS) is 31.7. The van der Waals surface area contributed by atoms with Crippen LogP contribution in [-0.2, 0) is 4.74 Å². The van der Waals surface area contributed by atoms with Crippen molar-refractivity contribution in [2.75, 3.05) is 46.1 Å². The van der Waals surface area contributed by atoms with Crippen LogP contribution in [0.4, 0.5) is 0 Å². The molecule has 8 heteroatoms. The summed E-state index contributed by atoms with van der Waals surface area (Å²) in [5.74, 6) is 1.63. The van der Waals surface area contributed by atoms with E-state index in [1.54, 1.807) is 4.91 Å². The molecule has 2 saturated heterocycles. The monoisotopic (exact) mass is 488 g/mol. The van der Waals surface area contributed by atoms with Crippen LogP contribution < -0.4 is 21.5 Å². The first kappa shape index (κ1) is 24.7. The highest BCUT2D eigenvalue weighted by Crippen LogP contribution is 2.43. The predicted octanol–water partition coefficient (Wildman–Crippen LogP) is 3.27. The van der Waals surface area contributed by atoms with Gasteiger partial charge in [-0.05, 0) is 92.6 Å². The molecule has 0 amide bonds. The van der Waals surface area contributed by atoms with E-state index in [4.69, 9.17) is 4.74 Å². The van der Waals surface area contributed by atoms with Crippen molar-refractivity contribution >= 4 is 11.9 Å². The molecule has 0 aromatic heterocycles. The molecule has 0 aromatic carbocycles. The zero-order valence-electron chi connectivity index (χ0n) is 20.9. The smallest absolute Gasteiger partial charge is 0.0880 e. The highest BCUT2D eigenvalue weighted by atomic mass is 32.2. The second-order valence-electron chi connectivity index (χ2n) is 10.5. The molecule has 4 atom stereocenters. The lowest BCUT2D eigenvalue weighted by molar-refractivity contribution is 0.0129. The van der Waals surface area contributed by atoms with Crippen LogP contribution in [-0.4, -0.2) is 67.5 Å². The van der Waals surface area contributed by atoms with E-state index in [2.05, 4.69) is 50.3 Å². The fourth-order valence-electron chi connectivity index (χ4n) is 6.17. The van der Waals surface area contributed by atoms with Crippen LogP contribution >= 0.6 is 11.9 Å². The molecule has 3 aliphatic heterocycles. The lowest BCUT2D eigenvalue weighted by Crippen LogP contribution is -2.51. The standard InChI is InChI=1S/C26H44N6OS/c1-19(27-18-28-20(2)31-13-15-33-16-14-31)26-24-17-22(7-10-25(24)29-30-26)21-5-8-23(9-6-21)34-32-11-3-4-12-32/h8,20-22,26-30H,1,3-7,9-18H2,2H3/t20-,21-,22+,26+/m1/s1. The summed E-state index contributed by atoms with van der Waals surface area (Å²) < 4.78 is 8.04. The Morgan fingerprint density at radius 3 is 2.74 bits per heavy atom. The summed E-state index contributed by atoms with van der Waals surface area (Å²) in [4.78, 5) is 4.05. The molecule has 2 aliphatic carbocycles. The van der Waals surface area contributed by atoms with Crippen molar-refractivity contribution in [2.24, 2.45) is 11.8 Å². The van der Waals surface area contributed by atoms with Gasteiger partial charge in [-0.3, -0.25) is 10.2 Å². The Bertz CT molecular complexity index is 773. The van der Waals surface area contributed by atoms with Crippen molar-refractivity contribution in [1.82, 2.24) is 30.7 Å². The fourth-order valence-corrected chi connectivity index (χ4v) is 7.33. The Hall–Kier alpha value is -1.03. The quantitative estimate of drug-likeness (QED) is 0.291. The Morgan fingerprint density at radius 1 is 1.18 bits per heavy atom. The van der Waals surface area contributed by atoms with Crippen LogP contribution in [0.3, 0.4) is 0 Å². The van der Waals surface area contributed by atoms with Gasteiger partial charge in [-0.1, -0.05) is 12.7 Å². The summed E-state index contributed by atoms with van der Waals surface area (Å²) in [6.45, 7) is 13.5. The second-order valence-corrected chi connectivity index (χ2v) is 11.8. The number of nitrogens with zero attached hydrogens (tertiary/aromatic N) is 2. The fraction of sp³-hybridized carbons (Fsp3) is 0.769. The highest BCUT2D eigenvalue weighted by Gasteiger charge is 2.35. The first-order valence-electron chi connectivity index (χ1n) is 13.5. The molecule has 7 nitrogen and oxygen atoms in total. The van der Waals surface area contributed by atoms with Gasteiger partial charge < -0.3 is 15.5 Å². The zero-order chi connectivity index (χ0) is 23.3. The third-order valence-electron chi connectivity index (χ3n) is 8.39. The minimum atomic E-state index is 0.193. The third-order valence-corrected chi connectivity index (χ3v) is 9.62. The summed E-state index contributed by atoms with van der Waals surface area (Å²) in [6.07, 6.45) is 13.2. The Kier molecular flexibility index (Phi) is 8.56. The molecule has 3 heterocycles. The number of morpholine rings is 1. The maximum absolute atomic E-state index is 5.47. The SMILES string of the molecule is C=C(NCN[C@@H](C)N1CCOCC1)[C@@H]1NNC2=C1C[C@@H]([C@@H]1CC=C(SN3CCCC3)CC1)CC2. The van der Waals surface area contributed by atoms with Gasteiger partial charge in [-0.15, -0.1) is 0 Å². The van der Waals surface area contributed by atoms with Gasteiger partial charge >= 0.3 is 0 Å². The molecular formula is C26H44N6OS. The minimum Gasteiger partial charge on any atom is -0.379 e. The largest absolute Gasteiger partial charge is 0.379 e. The van der Waals surface area contributed by atoms with Crippen molar-refractivity contribution in [3.05, 3.63) is 34.5 Å². The van der Waals surface area contributed by atoms with Gasteiger partial charge in [0.1, 0.15) is 0 Å². The van der Waals surface area contributed by atoms with Gasteiger partial charge in [0, 0.05) is 37.6 Å². The van der Waals surface area contributed by atoms with E-state index in [9.17, 15) is 0 Å². The van der Waals surface area contributed by atoms with Crippen molar-refractivity contribution in [1.29, 1.82) is 0 Å². The summed E-state index contributed by atoms with van der Waals surface area (Å²) in [6, 6.07) is 0.193. The van der Waals surface area contributed by atoms with Crippen molar-refractivity contribution in [3.63, 3.8) is 0 Å². The molecule has 0 saturated carbocycles. The van der Waals surface area contributed by atoms with E-state index >= 15 is 0 Å². The maximum Gasteiger partial charge on any atom is 0.0880 e. The molecular weight excluding hydrogens is 444 g/mol. The summed E-state index contributed by atoms with van der Waals surface area (Å²) in [5, 5.41) is 7.14. The van der Waals surface area contributed by atoms with E-state index in [1.807, 2.05) is 11.9 Å². The highest BCUT2D eigenvalue weighted by molar-refractivity contribution is 8.00. The topological polar surface area (TPSA) is 63.8 Å². The van der Waals surface area contributed by atoms with E-state index in [0.29, 0.717) is 6.17 Å². The van der Waals surface area contributed by atoms with Crippen LogP contribution in [0.25, 0.3) is 0 Å².